The van der Waals surface area contributed by atoms with Gasteiger partial charge in [-0.25, -0.2) is 0 Å². The largest absolute Gasteiger partial charge is 0.371 e. The molecule has 1 aromatic rings. The molecule has 0 aliphatic heterocycles. The molecule has 5 heteroatoms. The molecule has 2 N–H and O–H groups in total. The van der Waals surface area contributed by atoms with Crippen LogP contribution in [-0.2, 0) is 11.3 Å². The van der Waals surface area contributed by atoms with Gasteiger partial charge in [0.2, 0.25) is 0 Å². The van der Waals surface area contributed by atoms with Crippen molar-refractivity contribution >= 4 is 19.4 Å². The molecule has 0 bridgehead atoms. The second-order valence-electron chi connectivity index (χ2n) is 4.98. The molecule has 0 atom stereocenters. The second-order valence-corrected chi connectivity index (χ2v) is 10.9. The van der Waals surface area contributed by atoms with E-state index in [0.29, 0.717) is 6.61 Å². The Bertz CT molecular complexity index is 415. The number of hydrogen-bond acceptors (Lipinski definition) is 4. The Morgan fingerprint density at radius 2 is 2.17 bits per heavy atom. The lowest BCUT2D eigenvalue weighted by molar-refractivity contribution is 0.000352. The summed E-state index contributed by atoms with van der Waals surface area (Å²) in [6.45, 7) is 8.63. The van der Waals surface area contributed by atoms with Crippen molar-refractivity contribution in [1.29, 1.82) is 0 Å². The molecule has 3 nitrogen and oxygen atoms in total. The van der Waals surface area contributed by atoms with Gasteiger partial charge in [0.25, 0.3) is 0 Å². The molecule has 0 saturated carbocycles. The zero-order valence-electron chi connectivity index (χ0n) is 11.2. The molecule has 0 aliphatic carbocycles. The van der Waals surface area contributed by atoms with E-state index in [4.69, 9.17) is 9.84 Å². The van der Waals surface area contributed by atoms with E-state index in [1.165, 1.54) is 4.88 Å². The molecule has 1 rings (SSSR count). The van der Waals surface area contributed by atoms with Gasteiger partial charge in [-0.05, 0) is 12.1 Å². The highest BCUT2D eigenvalue weighted by molar-refractivity contribution is 7.12. The Morgan fingerprint density at radius 1 is 1.39 bits per heavy atom. The summed E-state index contributed by atoms with van der Waals surface area (Å²) in [5, 5.41) is 11.7. The van der Waals surface area contributed by atoms with Gasteiger partial charge in [-0.15, -0.1) is 16.9 Å². The number of nitrogens with one attached hydrogen (secondary N) is 1. The first-order valence-corrected chi connectivity index (χ1v) is 10.3. The number of thiophene rings is 1. The minimum atomic E-state index is -1.28. The number of hydrogen-bond donors (Lipinski definition) is 2. The SMILES string of the molecule is C[Si](C)(C)C#Cc1ccc(CNCCOCO)s1. The predicted molar refractivity (Wildman–Crippen MR) is 79.3 cm³/mol. The van der Waals surface area contributed by atoms with E-state index in [1.54, 1.807) is 11.3 Å². The van der Waals surface area contributed by atoms with E-state index >= 15 is 0 Å². The molecule has 0 aliphatic rings. The van der Waals surface area contributed by atoms with E-state index in [9.17, 15) is 0 Å². The Balaban J connectivity index is 2.36. The van der Waals surface area contributed by atoms with Gasteiger partial charge in [0.05, 0.1) is 11.5 Å². The number of ether oxygens (including phenoxy) is 1. The highest BCUT2D eigenvalue weighted by Gasteiger charge is 2.07. The summed E-state index contributed by atoms with van der Waals surface area (Å²) < 4.78 is 4.83. The summed E-state index contributed by atoms with van der Waals surface area (Å²) in [4.78, 5) is 2.42. The first-order chi connectivity index (χ1) is 8.51. The Morgan fingerprint density at radius 3 is 2.83 bits per heavy atom. The van der Waals surface area contributed by atoms with Crippen LogP contribution in [0.1, 0.15) is 9.75 Å². The molecule has 0 aromatic carbocycles. The van der Waals surface area contributed by atoms with Crippen molar-refractivity contribution in [3.8, 4) is 11.5 Å². The van der Waals surface area contributed by atoms with Crippen LogP contribution in [0.5, 0.6) is 0 Å². The zero-order valence-corrected chi connectivity index (χ0v) is 13.1. The summed E-state index contributed by atoms with van der Waals surface area (Å²) >= 11 is 1.73. The lowest BCUT2D eigenvalue weighted by Crippen LogP contribution is -2.18. The van der Waals surface area contributed by atoms with E-state index in [2.05, 4.69) is 48.6 Å². The monoisotopic (exact) mass is 283 g/mol. The Hall–Kier alpha value is -0.643. The molecule has 0 amide bonds. The smallest absolute Gasteiger partial charge is 0.143 e. The van der Waals surface area contributed by atoms with Gasteiger partial charge in [0.1, 0.15) is 14.9 Å². The van der Waals surface area contributed by atoms with Gasteiger partial charge < -0.3 is 15.2 Å². The van der Waals surface area contributed by atoms with Crippen molar-refractivity contribution in [3.63, 3.8) is 0 Å². The van der Waals surface area contributed by atoms with Gasteiger partial charge in [0.15, 0.2) is 0 Å². The third-order valence-corrected chi connectivity index (χ3v) is 3.91. The van der Waals surface area contributed by atoms with E-state index < -0.39 is 8.07 Å². The van der Waals surface area contributed by atoms with Crippen LogP contribution in [0.3, 0.4) is 0 Å². The fourth-order valence-corrected chi connectivity index (χ4v) is 2.64. The first kappa shape index (κ1) is 15.4. The van der Waals surface area contributed by atoms with Crippen molar-refractivity contribution < 1.29 is 9.84 Å². The summed E-state index contributed by atoms with van der Waals surface area (Å²) in [7, 11) is -1.28. The Labute approximate surface area is 114 Å². The molecule has 18 heavy (non-hydrogen) atoms. The summed E-state index contributed by atoms with van der Waals surface area (Å²) in [5.41, 5.74) is 3.37. The van der Waals surface area contributed by atoms with Crippen LogP contribution in [-0.4, -0.2) is 33.1 Å². The molecule has 1 heterocycles. The van der Waals surface area contributed by atoms with Crippen molar-refractivity contribution in [2.24, 2.45) is 0 Å². The predicted octanol–water partition coefficient (Wildman–Crippen LogP) is 2.03. The number of rotatable bonds is 6. The van der Waals surface area contributed by atoms with Crippen molar-refractivity contribution in [2.75, 3.05) is 19.9 Å². The number of aliphatic hydroxyl groups is 1. The first-order valence-electron chi connectivity index (χ1n) is 6.02. The van der Waals surface area contributed by atoms with E-state index in [-0.39, 0.29) is 6.79 Å². The zero-order chi connectivity index (χ0) is 13.4. The van der Waals surface area contributed by atoms with Crippen LogP contribution in [0.15, 0.2) is 12.1 Å². The minimum absolute atomic E-state index is 0.211. The lowest BCUT2D eigenvalue weighted by atomic mass is 10.4. The average Bonchev–Trinajstić information content (AvgIpc) is 2.73. The maximum atomic E-state index is 8.45. The molecule has 1 aromatic heterocycles. The van der Waals surface area contributed by atoms with Gasteiger partial charge in [0, 0.05) is 18.0 Å². The average molecular weight is 283 g/mol. The van der Waals surface area contributed by atoms with Crippen LogP contribution in [0.2, 0.25) is 19.6 Å². The number of aliphatic hydroxyl groups excluding tert-OH is 1. The quantitative estimate of drug-likeness (QED) is 0.363. The van der Waals surface area contributed by atoms with Crippen LogP contribution in [0.25, 0.3) is 0 Å². The third kappa shape index (κ3) is 6.94. The van der Waals surface area contributed by atoms with Crippen molar-refractivity contribution in [3.05, 3.63) is 21.9 Å². The highest BCUT2D eigenvalue weighted by atomic mass is 32.1. The van der Waals surface area contributed by atoms with Crippen LogP contribution in [0.4, 0.5) is 0 Å². The summed E-state index contributed by atoms with van der Waals surface area (Å²) in [5.74, 6) is 3.26. The molecule has 0 fully saturated rings. The Kier molecular flexibility index (Phi) is 6.61. The van der Waals surface area contributed by atoms with Crippen LogP contribution < -0.4 is 5.32 Å². The molecule has 0 unspecified atom stereocenters. The molecular formula is C13H21NO2SSi. The highest BCUT2D eigenvalue weighted by Crippen LogP contribution is 2.15. The van der Waals surface area contributed by atoms with E-state index in [0.717, 1.165) is 18.0 Å². The lowest BCUT2D eigenvalue weighted by Gasteiger charge is -2.02. The third-order valence-electron chi connectivity index (χ3n) is 2.04. The molecule has 0 saturated heterocycles. The maximum Gasteiger partial charge on any atom is 0.143 e. The fraction of sp³-hybridized carbons (Fsp3) is 0.538. The molecule has 100 valence electrons. The van der Waals surface area contributed by atoms with Gasteiger partial charge >= 0.3 is 0 Å². The normalized spacial score (nSPS) is 11.1. The second kappa shape index (κ2) is 7.72. The van der Waals surface area contributed by atoms with Crippen LogP contribution >= 0.6 is 11.3 Å². The molecule has 0 radical (unpaired) electrons. The summed E-state index contributed by atoms with van der Waals surface area (Å²) in [6.07, 6.45) is 0. The van der Waals surface area contributed by atoms with Gasteiger partial charge in [-0.2, -0.15) is 0 Å². The molecule has 0 spiro atoms. The standard InChI is InChI=1S/C13H21NO2SSi/c1-18(2,3)9-6-12-4-5-13(17-12)10-14-7-8-16-11-15/h4-5,14-15H,7-8,10-11H2,1-3H3. The minimum Gasteiger partial charge on any atom is -0.371 e. The van der Waals surface area contributed by atoms with Gasteiger partial charge in [-0.3, -0.25) is 0 Å². The van der Waals surface area contributed by atoms with Crippen molar-refractivity contribution in [2.45, 2.75) is 26.2 Å². The van der Waals surface area contributed by atoms with Crippen LogP contribution in [0, 0.1) is 11.5 Å². The van der Waals surface area contributed by atoms with E-state index in [1.807, 2.05) is 0 Å². The fourth-order valence-electron chi connectivity index (χ4n) is 1.21. The maximum absolute atomic E-state index is 8.45. The topological polar surface area (TPSA) is 41.5 Å². The van der Waals surface area contributed by atoms with Gasteiger partial charge in [-0.1, -0.05) is 25.6 Å². The van der Waals surface area contributed by atoms with Crippen molar-refractivity contribution in [1.82, 2.24) is 5.32 Å². The summed E-state index contributed by atoms with van der Waals surface area (Å²) in [6, 6.07) is 4.19. The molecular weight excluding hydrogens is 262 g/mol.